The van der Waals surface area contributed by atoms with Crippen LogP contribution in [0, 0.1) is 6.92 Å². The molecule has 0 bridgehead atoms. The van der Waals surface area contributed by atoms with Gasteiger partial charge in [-0.15, -0.1) is 0 Å². The summed E-state index contributed by atoms with van der Waals surface area (Å²) in [6.07, 6.45) is 1.81. The number of hydrogen-bond donors (Lipinski definition) is 1. The number of hydrogen-bond acceptors (Lipinski definition) is 3. The molecule has 2 heterocycles. The van der Waals surface area contributed by atoms with Gasteiger partial charge in [0.15, 0.2) is 5.69 Å². The minimum atomic E-state index is -1.05. The quantitative estimate of drug-likeness (QED) is 0.761. The Morgan fingerprint density at radius 1 is 1.26 bits per heavy atom. The van der Waals surface area contributed by atoms with Gasteiger partial charge in [0.25, 0.3) is 0 Å². The Balaban J connectivity index is 2.35. The standard InChI is InChI=1S/C14H11N3O2/c1-9-6-7-17(16-9)13-8-12(14(18)19)15-11-5-3-2-4-10(11)13/h2-8H,1H3,(H,18,19). The predicted molar refractivity (Wildman–Crippen MR) is 70.6 cm³/mol. The SMILES string of the molecule is Cc1ccn(-c2cc(C(=O)O)nc3ccccc23)n1. The summed E-state index contributed by atoms with van der Waals surface area (Å²) in [5.74, 6) is -1.05. The van der Waals surface area contributed by atoms with Crippen LogP contribution in [-0.2, 0) is 0 Å². The van der Waals surface area contributed by atoms with Crippen LogP contribution < -0.4 is 0 Å². The molecule has 0 unspecified atom stereocenters. The van der Waals surface area contributed by atoms with Crippen molar-refractivity contribution < 1.29 is 9.90 Å². The minimum absolute atomic E-state index is 0.0156. The van der Waals surface area contributed by atoms with Crippen LogP contribution in [-0.4, -0.2) is 25.8 Å². The Morgan fingerprint density at radius 3 is 2.74 bits per heavy atom. The number of para-hydroxylation sites is 1. The molecular weight excluding hydrogens is 242 g/mol. The van der Waals surface area contributed by atoms with Gasteiger partial charge in [0.1, 0.15) is 0 Å². The number of aromatic nitrogens is 3. The van der Waals surface area contributed by atoms with Gasteiger partial charge in [-0.25, -0.2) is 14.5 Å². The maximum atomic E-state index is 11.1. The number of nitrogens with zero attached hydrogens (tertiary/aromatic N) is 3. The zero-order valence-corrected chi connectivity index (χ0v) is 10.2. The van der Waals surface area contributed by atoms with Crippen LogP contribution in [0.1, 0.15) is 16.2 Å². The first-order chi connectivity index (χ1) is 9.15. The van der Waals surface area contributed by atoms with Crippen molar-refractivity contribution in [2.75, 3.05) is 0 Å². The molecule has 0 fully saturated rings. The van der Waals surface area contributed by atoms with Crippen molar-refractivity contribution in [3.8, 4) is 5.69 Å². The maximum absolute atomic E-state index is 11.1. The average Bonchev–Trinajstić information content (AvgIpc) is 2.84. The molecule has 3 rings (SSSR count). The van der Waals surface area contributed by atoms with Gasteiger partial charge in [-0.3, -0.25) is 0 Å². The molecule has 0 atom stereocenters. The number of carboxylic acid groups (broad SMARTS) is 1. The van der Waals surface area contributed by atoms with Gasteiger partial charge in [-0.05, 0) is 25.1 Å². The van der Waals surface area contributed by atoms with Crippen LogP contribution in [0.25, 0.3) is 16.6 Å². The van der Waals surface area contributed by atoms with Gasteiger partial charge in [-0.2, -0.15) is 5.10 Å². The molecule has 1 aromatic carbocycles. The molecule has 0 aliphatic rings. The van der Waals surface area contributed by atoms with Crippen molar-refractivity contribution in [1.29, 1.82) is 0 Å². The number of rotatable bonds is 2. The van der Waals surface area contributed by atoms with E-state index in [4.69, 9.17) is 5.11 Å². The van der Waals surface area contributed by atoms with E-state index in [1.165, 1.54) is 6.07 Å². The van der Waals surface area contributed by atoms with Crippen molar-refractivity contribution in [3.05, 3.63) is 54.0 Å². The van der Waals surface area contributed by atoms with E-state index < -0.39 is 5.97 Å². The van der Waals surface area contributed by atoms with E-state index in [1.807, 2.05) is 37.4 Å². The molecule has 0 saturated heterocycles. The molecule has 0 saturated carbocycles. The topological polar surface area (TPSA) is 68.0 Å². The second-order valence-corrected chi connectivity index (χ2v) is 4.25. The molecule has 0 amide bonds. The van der Waals surface area contributed by atoms with Crippen LogP contribution in [0.15, 0.2) is 42.6 Å². The maximum Gasteiger partial charge on any atom is 0.354 e. The molecule has 5 nitrogen and oxygen atoms in total. The number of carboxylic acids is 1. The third-order valence-corrected chi connectivity index (χ3v) is 2.88. The van der Waals surface area contributed by atoms with E-state index >= 15 is 0 Å². The Hall–Kier alpha value is -2.69. The lowest BCUT2D eigenvalue weighted by atomic mass is 10.1. The third-order valence-electron chi connectivity index (χ3n) is 2.88. The van der Waals surface area contributed by atoms with Crippen molar-refractivity contribution in [2.24, 2.45) is 0 Å². The largest absolute Gasteiger partial charge is 0.477 e. The molecule has 2 aromatic heterocycles. The predicted octanol–water partition coefficient (Wildman–Crippen LogP) is 2.43. The Kier molecular flexibility index (Phi) is 2.52. The average molecular weight is 253 g/mol. The van der Waals surface area contributed by atoms with E-state index in [1.54, 1.807) is 10.7 Å². The second-order valence-electron chi connectivity index (χ2n) is 4.25. The molecule has 0 aliphatic carbocycles. The first-order valence-corrected chi connectivity index (χ1v) is 5.81. The van der Waals surface area contributed by atoms with Gasteiger partial charge in [0, 0.05) is 11.6 Å². The molecule has 19 heavy (non-hydrogen) atoms. The second kappa shape index (κ2) is 4.20. The number of pyridine rings is 1. The number of aryl methyl sites for hydroxylation is 1. The summed E-state index contributed by atoms with van der Waals surface area (Å²) in [6, 6.07) is 10.8. The van der Waals surface area contributed by atoms with Crippen molar-refractivity contribution in [1.82, 2.24) is 14.8 Å². The number of aromatic carboxylic acids is 1. The zero-order valence-electron chi connectivity index (χ0n) is 10.2. The highest BCUT2D eigenvalue weighted by molar-refractivity contribution is 5.94. The Labute approximate surface area is 109 Å². The fourth-order valence-electron chi connectivity index (χ4n) is 2.01. The Morgan fingerprint density at radius 2 is 2.05 bits per heavy atom. The monoisotopic (exact) mass is 253 g/mol. The van der Waals surface area contributed by atoms with E-state index in [2.05, 4.69) is 10.1 Å². The first-order valence-electron chi connectivity index (χ1n) is 5.81. The summed E-state index contributed by atoms with van der Waals surface area (Å²) >= 11 is 0. The fourth-order valence-corrected chi connectivity index (χ4v) is 2.01. The number of fused-ring (bicyclic) bond motifs is 1. The number of carbonyl (C=O) groups is 1. The van der Waals surface area contributed by atoms with Gasteiger partial charge in [-0.1, -0.05) is 18.2 Å². The molecule has 0 radical (unpaired) electrons. The molecule has 5 heteroatoms. The van der Waals surface area contributed by atoms with Gasteiger partial charge < -0.3 is 5.11 Å². The normalized spacial score (nSPS) is 10.8. The molecule has 3 aromatic rings. The molecule has 1 N–H and O–H groups in total. The van der Waals surface area contributed by atoms with Crippen molar-refractivity contribution in [2.45, 2.75) is 6.92 Å². The van der Waals surface area contributed by atoms with E-state index in [0.29, 0.717) is 5.52 Å². The van der Waals surface area contributed by atoms with Gasteiger partial charge >= 0.3 is 5.97 Å². The summed E-state index contributed by atoms with van der Waals surface area (Å²) in [7, 11) is 0. The lowest BCUT2D eigenvalue weighted by Crippen LogP contribution is -2.05. The van der Waals surface area contributed by atoms with E-state index in [-0.39, 0.29) is 5.69 Å². The first kappa shape index (κ1) is 11.4. The highest BCUT2D eigenvalue weighted by Gasteiger charge is 2.12. The number of benzene rings is 1. The zero-order chi connectivity index (χ0) is 13.4. The molecule has 0 aliphatic heterocycles. The minimum Gasteiger partial charge on any atom is -0.477 e. The smallest absolute Gasteiger partial charge is 0.354 e. The van der Waals surface area contributed by atoms with Gasteiger partial charge in [0.05, 0.1) is 16.9 Å². The highest BCUT2D eigenvalue weighted by Crippen LogP contribution is 2.21. The van der Waals surface area contributed by atoms with E-state index in [0.717, 1.165) is 16.8 Å². The van der Waals surface area contributed by atoms with Crippen molar-refractivity contribution >= 4 is 16.9 Å². The van der Waals surface area contributed by atoms with Gasteiger partial charge in [0.2, 0.25) is 0 Å². The molecule has 94 valence electrons. The Bertz CT molecular complexity index is 777. The summed E-state index contributed by atoms with van der Waals surface area (Å²) in [4.78, 5) is 15.3. The van der Waals surface area contributed by atoms with Crippen LogP contribution in [0.2, 0.25) is 0 Å². The van der Waals surface area contributed by atoms with Crippen LogP contribution >= 0.6 is 0 Å². The highest BCUT2D eigenvalue weighted by atomic mass is 16.4. The molecular formula is C14H11N3O2. The lowest BCUT2D eigenvalue weighted by molar-refractivity contribution is 0.0691. The summed E-state index contributed by atoms with van der Waals surface area (Å²) in [6.45, 7) is 1.89. The fraction of sp³-hybridized carbons (Fsp3) is 0.0714. The third kappa shape index (κ3) is 1.95. The van der Waals surface area contributed by atoms with Crippen molar-refractivity contribution in [3.63, 3.8) is 0 Å². The lowest BCUT2D eigenvalue weighted by Gasteiger charge is -2.07. The van der Waals surface area contributed by atoms with Crippen LogP contribution in [0.5, 0.6) is 0 Å². The molecule has 0 spiro atoms. The summed E-state index contributed by atoms with van der Waals surface area (Å²) in [5, 5.41) is 14.3. The van der Waals surface area contributed by atoms with Crippen LogP contribution in [0.4, 0.5) is 0 Å². The van der Waals surface area contributed by atoms with Crippen LogP contribution in [0.3, 0.4) is 0 Å². The summed E-state index contributed by atoms with van der Waals surface area (Å²) in [5.41, 5.74) is 2.25. The van der Waals surface area contributed by atoms with E-state index in [9.17, 15) is 4.79 Å². The summed E-state index contributed by atoms with van der Waals surface area (Å²) < 4.78 is 1.67.